The Labute approximate surface area is 157 Å². The molecule has 1 aliphatic heterocycles. The lowest BCUT2D eigenvalue weighted by Crippen LogP contribution is -2.42. The van der Waals surface area contributed by atoms with Crippen molar-refractivity contribution in [1.29, 1.82) is 0 Å². The molecule has 3 amide bonds. The molecule has 27 heavy (non-hydrogen) atoms. The third-order valence-corrected chi connectivity index (χ3v) is 4.76. The van der Waals surface area contributed by atoms with Gasteiger partial charge < -0.3 is 21.7 Å². The van der Waals surface area contributed by atoms with Crippen molar-refractivity contribution in [2.75, 3.05) is 16.8 Å². The summed E-state index contributed by atoms with van der Waals surface area (Å²) < 4.78 is 0. The Morgan fingerprint density at radius 3 is 2.33 bits per heavy atom. The summed E-state index contributed by atoms with van der Waals surface area (Å²) in [6.07, 6.45) is 1.95. The quantitative estimate of drug-likeness (QED) is 0.746. The van der Waals surface area contributed by atoms with Gasteiger partial charge in [0.1, 0.15) is 0 Å². The van der Waals surface area contributed by atoms with Crippen LogP contribution in [0.1, 0.15) is 39.6 Å². The van der Waals surface area contributed by atoms with Crippen LogP contribution >= 0.6 is 0 Å². The molecule has 2 aromatic carbocycles. The molecule has 0 aromatic heterocycles. The Morgan fingerprint density at radius 2 is 1.70 bits per heavy atom. The number of carbonyl (C=O) groups excluding carboxylic acids is 3. The topological polar surface area (TPSA) is 119 Å². The zero-order valence-corrected chi connectivity index (χ0v) is 15.1. The normalized spacial score (nSPS) is 15.7. The number of carbonyl (C=O) groups is 3. The molecule has 3 rings (SSSR count). The molecule has 7 heteroatoms. The maximum Gasteiger partial charge on any atom is 0.248 e. The summed E-state index contributed by atoms with van der Waals surface area (Å²) in [7, 11) is 0. The fourth-order valence-electron chi connectivity index (χ4n) is 3.34. The number of aryl methyl sites for hydroxylation is 1. The number of para-hydroxylation sites is 1. The number of anilines is 2. The predicted molar refractivity (Wildman–Crippen MR) is 104 cm³/mol. The Balaban J connectivity index is 1.80. The fourth-order valence-corrected chi connectivity index (χ4v) is 3.34. The number of hydrogen-bond acceptors (Lipinski definition) is 4. The van der Waals surface area contributed by atoms with Gasteiger partial charge in [-0.05, 0) is 49.6 Å². The highest BCUT2D eigenvalue weighted by Crippen LogP contribution is 2.30. The van der Waals surface area contributed by atoms with E-state index in [-0.39, 0.29) is 29.6 Å². The monoisotopic (exact) mass is 366 g/mol. The van der Waals surface area contributed by atoms with Crippen molar-refractivity contribution in [3.63, 3.8) is 0 Å². The number of benzene rings is 2. The van der Waals surface area contributed by atoms with Crippen LogP contribution in [-0.2, 0) is 11.2 Å². The zero-order chi connectivity index (χ0) is 19.6. The van der Waals surface area contributed by atoms with Gasteiger partial charge in [0.05, 0.1) is 6.54 Å². The van der Waals surface area contributed by atoms with Crippen molar-refractivity contribution in [2.45, 2.75) is 25.8 Å². The highest BCUT2D eigenvalue weighted by Gasteiger charge is 2.24. The first-order chi connectivity index (χ1) is 12.8. The second-order valence-electron chi connectivity index (χ2n) is 6.72. The van der Waals surface area contributed by atoms with Crippen LogP contribution in [-0.4, -0.2) is 30.3 Å². The summed E-state index contributed by atoms with van der Waals surface area (Å²) in [5.74, 6) is -1.66. The minimum Gasteiger partial charge on any atom is -0.366 e. The zero-order valence-electron chi connectivity index (χ0n) is 15.1. The van der Waals surface area contributed by atoms with Crippen LogP contribution in [0.25, 0.3) is 0 Å². The molecule has 0 spiro atoms. The molecule has 0 saturated heterocycles. The summed E-state index contributed by atoms with van der Waals surface area (Å²) in [4.78, 5) is 37.6. The third-order valence-electron chi connectivity index (χ3n) is 4.76. The minimum absolute atomic E-state index is 0.110. The summed E-state index contributed by atoms with van der Waals surface area (Å²) in [6.45, 7) is 2.24. The first-order valence-corrected chi connectivity index (χ1v) is 8.74. The maximum atomic E-state index is 12.6. The number of nitrogens with zero attached hydrogens (tertiary/aromatic N) is 1. The van der Waals surface area contributed by atoms with E-state index in [1.165, 1.54) is 23.8 Å². The van der Waals surface area contributed by atoms with Gasteiger partial charge in [0.15, 0.2) is 0 Å². The number of primary amides is 2. The highest BCUT2D eigenvalue weighted by molar-refractivity contribution is 6.02. The van der Waals surface area contributed by atoms with E-state index in [0.29, 0.717) is 5.69 Å². The lowest BCUT2D eigenvalue weighted by atomic mass is 9.96. The van der Waals surface area contributed by atoms with Gasteiger partial charge in [-0.25, -0.2) is 0 Å². The Kier molecular flexibility index (Phi) is 5.12. The molecule has 0 unspecified atom stereocenters. The molecule has 0 saturated carbocycles. The standard InChI is InChI=1S/C20H22N4O3/c1-12-6-7-13-4-2-3-5-17(13)24(12)11-18(25)23-16-9-14(19(21)26)8-15(10-16)20(22)27/h2-5,8-10,12H,6-7,11H2,1H3,(H2,21,26)(H2,22,27)(H,23,25)/t12-/m1/s1. The smallest absolute Gasteiger partial charge is 0.248 e. The summed E-state index contributed by atoms with van der Waals surface area (Å²) >= 11 is 0. The maximum absolute atomic E-state index is 12.6. The second kappa shape index (κ2) is 7.49. The van der Waals surface area contributed by atoms with Crippen LogP contribution in [0.5, 0.6) is 0 Å². The van der Waals surface area contributed by atoms with E-state index >= 15 is 0 Å². The molecule has 0 radical (unpaired) electrons. The van der Waals surface area contributed by atoms with Crippen molar-refractivity contribution >= 4 is 29.1 Å². The van der Waals surface area contributed by atoms with E-state index in [9.17, 15) is 14.4 Å². The number of rotatable bonds is 5. The molecule has 0 fully saturated rings. The van der Waals surface area contributed by atoms with E-state index in [1.54, 1.807) is 0 Å². The van der Waals surface area contributed by atoms with Gasteiger partial charge in [0, 0.05) is 28.5 Å². The van der Waals surface area contributed by atoms with Gasteiger partial charge in [-0.1, -0.05) is 18.2 Å². The molecule has 1 heterocycles. The van der Waals surface area contributed by atoms with E-state index in [2.05, 4.69) is 23.2 Å². The molecule has 0 aliphatic carbocycles. The van der Waals surface area contributed by atoms with Crippen LogP contribution < -0.4 is 21.7 Å². The third kappa shape index (κ3) is 4.08. The van der Waals surface area contributed by atoms with Crippen molar-refractivity contribution < 1.29 is 14.4 Å². The number of fused-ring (bicyclic) bond motifs is 1. The van der Waals surface area contributed by atoms with Crippen LogP contribution in [0, 0.1) is 0 Å². The van der Waals surface area contributed by atoms with Gasteiger partial charge in [0.2, 0.25) is 17.7 Å². The van der Waals surface area contributed by atoms with E-state index in [4.69, 9.17) is 11.5 Å². The molecule has 7 nitrogen and oxygen atoms in total. The number of hydrogen-bond donors (Lipinski definition) is 3. The number of amides is 3. The van der Waals surface area contributed by atoms with Gasteiger partial charge in [-0.2, -0.15) is 0 Å². The van der Waals surface area contributed by atoms with Gasteiger partial charge in [-0.3, -0.25) is 14.4 Å². The molecule has 140 valence electrons. The Bertz CT molecular complexity index is 878. The Morgan fingerprint density at radius 1 is 1.07 bits per heavy atom. The van der Waals surface area contributed by atoms with E-state index < -0.39 is 11.8 Å². The largest absolute Gasteiger partial charge is 0.366 e. The van der Waals surface area contributed by atoms with Crippen LogP contribution in [0.15, 0.2) is 42.5 Å². The van der Waals surface area contributed by atoms with Crippen LogP contribution in [0.2, 0.25) is 0 Å². The van der Waals surface area contributed by atoms with Gasteiger partial charge in [-0.15, -0.1) is 0 Å². The molecule has 5 N–H and O–H groups in total. The summed E-state index contributed by atoms with van der Waals surface area (Å²) in [5, 5.41) is 2.73. The number of nitrogens with two attached hydrogens (primary N) is 2. The van der Waals surface area contributed by atoms with Crippen molar-refractivity contribution in [3.8, 4) is 0 Å². The highest BCUT2D eigenvalue weighted by atomic mass is 16.2. The van der Waals surface area contributed by atoms with Crippen LogP contribution in [0.4, 0.5) is 11.4 Å². The fraction of sp³-hybridized carbons (Fsp3) is 0.250. The second-order valence-corrected chi connectivity index (χ2v) is 6.72. The molecular weight excluding hydrogens is 344 g/mol. The average molecular weight is 366 g/mol. The van der Waals surface area contributed by atoms with Gasteiger partial charge >= 0.3 is 0 Å². The molecule has 1 aliphatic rings. The summed E-state index contributed by atoms with van der Waals surface area (Å²) in [5.41, 5.74) is 13.4. The van der Waals surface area contributed by atoms with E-state index in [1.807, 2.05) is 18.2 Å². The molecule has 0 bridgehead atoms. The first kappa shape index (κ1) is 18.4. The molecular formula is C20H22N4O3. The Hall–Kier alpha value is -3.35. The van der Waals surface area contributed by atoms with Crippen molar-refractivity contribution in [3.05, 3.63) is 59.2 Å². The predicted octanol–water partition coefficient (Wildman–Crippen LogP) is 1.66. The lowest BCUT2D eigenvalue weighted by Gasteiger charge is -2.36. The summed E-state index contributed by atoms with van der Waals surface area (Å²) in [6, 6.07) is 12.4. The minimum atomic E-state index is -0.702. The SMILES string of the molecule is C[C@@H]1CCc2ccccc2N1CC(=O)Nc1cc(C(N)=O)cc(C(N)=O)c1. The average Bonchev–Trinajstić information content (AvgIpc) is 2.63. The van der Waals surface area contributed by atoms with Gasteiger partial charge in [0.25, 0.3) is 0 Å². The van der Waals surface area contributed by atoms with E-state index in [0.717, 1.165) is 18.5 Å². The van der Waals surface area contributed by atoms with Crippen molar-refractivity contribution in [2.24, 2.45) is 11.5 Å². The lowest BCUT2D eigenvalue weighted by molar-refractivity contribution is -0.115. The first-order valence-electron chi connectivity index (χ1n) is 8.74. The van der Waals surface area contributed by atoms with Crippen LogP contribution in [0.3, 0.4) is 0 Å². The number of nitrogens with one attached hydrogen (secondary N) is 1. The molecule has 1 atom stereocenters. The van der Waals surface area contributed by atoms with Crippen molar-refractivity contribution in [1.82, 2.24) is 0 Å². The molecule has 2 aromatic rings.